The molecule has 172 valence electrons. The molecule has 4 aromatic rings. The molecule has 1 aliphatic rings. The first-order chi connectivity index (χ1) is 16.6. The van der Waals surface area contributed by atoms with Gasteiger partial charge in [0.15, 0.2) is 17.1 Å². The van der Waals surface area contributed by atoms with Crippen LogP contribution in [0.15, 0.2) is 60.8 Å². The predicted octanol–water partition coefficient (Wildman–Crippen LogP) is 5.47. The van der Waals surface area contributed by atoms with Crippen molar-refractivity contribution >= 4 is 5.65 Å². The highest BCUT2D eigenvalue weighted by molar-refractivity contribution is 5.70. The Morgan fingerprint density at radius 3 is 2.71 bits per heavy atom. The Kier molecular flexibility index (Phi) is 6.00. The fraction of sp³-hybridized carbons (Fsp3) is 0.231. The molecule has 6 nitrogen and oxygen atoms in total. The zero-order valence-corrected chi connectivity index (χ0v) is 18.2. The number of aromatic nitrogens is 3. The van der Waals surface area contributed by atoms with Gasteiger partial charge < -0.3 is 14.2 Å². The van der Waals surface area contributed by atoms with Gasteiger partial charge in [0.05, 0.1) is 18.0 Å². The van der Waals surface area contributed by atoms with E-state index in [4.69, 9.17) is 21.0 Å². The minimum absolute atomic E-state index is 0.00892. The predicted molar refractivity (Wildman–Crippen MR) is 123 cm³/mol. The van der Waals surface area contributed by atoms with Gasteiger partial charge in [0, 0.05) is 23.4 Å². The second kappa shape index (κ2) is 9.40. The molecule has 0 bridgehead atoms. The van der Waals surface area contributed by atoms with Gasteiger partial charge in [0.2, 0.25) is 0 Å². The number of alkyl halides is 2. The van der Waals surface area contributed by atoms with E-state index in [1.807, 2.05) is 36.4 Å². The molecular formula is C26H21F2N3O3. The highest BCUT2D eigenvalue weighted by Gasteiger charge is 2.23. The summed E-state index contributed by atoms with van der Waals surface area (Å²) in [6.07, 6.45) is 9.12. The van der Waals surface area contributed by atoms with Crippen LogP contribution >= 0.6 is 0 Å². The van der Waals surface area contributed by atoms with Crippen LogP contribution in [0.5, 0.6) is 17.2 Å². The number of terminal acetylenes is 1. The molecule has 0 saturated heterocycles. The number of fused-ring (bicyclic) bond motifs is 1. The molecule has 0 spiro atoms. The molecule has 0 N–H and O–H groups in total. The van der Waals surface area contributed by atoms with Crippen LogP contribution in [0.25, 0.3) is 28.2 Å². The Morgan fingerprint density at radius 1 is 1.03 bits per heavy atom. The zero-order valence-electron chi connectivity index (χ0n) is 18.2. The number of halogens is 2. The number of ether oxygens (including phenoxy) is 3. The highest BCUT2D eigenvalue weighted by Crippen LogP contribution is 2.36. The van der Waals surface area contributed by atoms with Gasteiger partial charge in [-0.2, -0.15) is 13.9 Å². The summed E-state index contributed by atoms with van der Waals surface area (Å²) in [6.45, 7) is -2.29. The van der Waals surface area contributed by atoms with Gasteiger partial charge in [0.1, 0.15) is 12.4 Å². The molecule has 1 aliphatic carbocycles. The van der Waals surface area contributed by atoms with Crippen molar-refractivity contribution in [3.05, 3.63) is 60.8 Å². The Labute approximate surface area is 195 Å². The third kappa shape index (κ3) is 4.79. The van der Waals surface area contributed by atoms with Gasteiger partial charge in [-0.25, -0.2) is 9.50 Å². The molecule has 0 unspecified atom stereocenters. The largest absolute Gasteiger partial charge is 0.489 e. The molecule has 34 heavy (non-hydrogen) atoms. The van der Waals surface area contributed by atoms with Crippen LogP contribution < -0.4 is 14.2 Å². The summed E-state index contributed by atoms with van der Waals surface area (Å²) < 4.78 is 43.5. The van der Waals surface area contributed by atoms with Gasteiger partial charge in [-0.1, -0.05) is 18.1 Å². The summed E-state index contributed by atoms with van der Waals surface area (Å²) in [7, 11) is 0. The van der Waals surface area contributed by atoms with Crippen molar-refractivity contribution < 1.29 is 23.0 Å². The molecule has 5 rings (SSSR count). The highest BCUT2D eigenvalue weighted by atomic mass is 19.3. The number of hydrogen-bond donors (Lipinski definition) is 0. The van der Waals surface area contributed by atoms with Crippen molar-refractivity contribution in [1.29, 1.82) is 0 Å². The minimum Gasteiger partial charge on any atom is -0.489 e. The average Bonchev–Trinajstić information content (AvgIpc) is 3.57. The second-order valence-corrected chi connectivity index (χ2v) is 7.94. The van der Waals surface area contributed by atoms with E-state index in [2.05, 4.69) is 15.6 Å². The van der Waals surface area contributed by atoms with E-state index in [9.17, 15) is 8.78 Å². The number of nitrogens with zero attached hydrogens (tertiary/aromatic N) is 3. The number of rotatable bonds is 9. The maximum Gasteiger partial charge on any atom is 0.387 e. The van der Waals surface area contributed by atoms with Crippen LogP contribution in [0.4, 0.5) is 8.78 Å². The van der Waals surface area contributed by atoms with Gasteiger partial charge >= 0.3 is 6.61 Å². The Hall–Kier alpha value is -4.12. The summed E-state index contributed by atoms with van der Waals surface area (Å²) in [5, 5.41) is 4.73. The lowest BCUT2D eigenvalue weighted by molar-refractivity contribution is -0.0515. The molecule has 0 aliphatic heterocycles. The van der Waals surface area contributed by atoms with Crippen LogP contribution in [-0.4, -0.2) is 34.4 Å². The van der Waals surface area contributed by atoms with Crippen molar-refractivity contribution in [3.8, 4) is 52.1 Å². The first-order valence-corrected chi connectivity index (χ1v) is 10.8. The summed E-state index contributed by atoms with van der Waals surface area (Å²) in [5.74, 6) is 3.84. The van der Waals surface area contributed by atoms with Crippen molar-refractivity contribution in [2.75, 3.05) is 13.2 Å². The number of hydrogen-bond acceptors (Lipinski definition) is 5. The molecule has 2 aromatic heterocycles. The van der Waals surface area contributed by atoms with E-state index < -0.39 is 6.61 Å². The SMILES string of the molecule is C#CCOc1cccc(-c2cc3nccc(-c4ccc(OC(F)F)c(OCC5CC5)c4)n3n2)c1. The smallest absolute Gasteiger partial charge is 0.387 e. The molecule has 0 radical (unpaired) electrons. The van der Waals surface area contributed by atoms with Crippen molar-refractivity contribution in [2.24, 2.45) is 5.92 Å². The molecular weight excluding hydrogens is 440 g/mol. The molecule has 8 heteroatoms. The van der Waals surface area contributed by atoms with Crippen molar-refractivity contribution in [1.82, 2.24) is 14.6 Å². The normalized spacial score (nSPS) is 13.1. The maximum absolute atomic E-state index is 12.9. The molecule has 2 aromatic carbocycles. The zero-order chi connectivity index (χ0) is 23.5. The van der Waals surface area contributed by atoms with Crippen LogP contribution in [-0.2, 0) is 0 Å². The van der Waals surface area contributed by atoms with Gasteiger partial charge in [-0.3, -0.25) is 0 Å². The first kappa shape index (κ1) is 21.7. The van der Waals surface area contributed by atoms with Crippen LogP contribution in [0.3, 0.4) is 0 Å². The molecule has 0 amide bonds. The van der Waals surface area contributed by atoms with E-state index in [1.54, 1.807) is 22.8 Å². The molecule has 2 heterocycles. The minimum atomic E-state index is -2.93. The molecule has 0 atom stereocenters. The van der Waals surface area contributed by atoms with E-state index in [1.165, 1.54) is 6.07 Å². The third-order valence-electron chi connectivity index (χ3n) is 5.44. The van der Waals surface area contributed by atoms with Crippen LogP contribution in [0, 0.1) is 18.3 Å². The average molecular weight is 461 g/mol. The van der Waals surface area contributed by atoms with E-state index in [-0.39, 0.29) is 18.1 Å². The van der Waals surface area contributed by atoms with E-state index in [0.29, 0.717) is 29.6 Å². The fourth-order valence-corrected chi connectivity index (χ4v) is 3.59. The summed E-state index contributed by atoms with van der Waals surface area (Å²) in [6, 6.07) is 16.0. The van der Waals surface area contributed by atoms with Gasteiger partial charge in [0.25, 0.3) is 0 Å². The summed E-state index contributed by atoms with van der Waals surface area (Å²) in [4.78, 5) is 4.42. The summed E-state index contributed by atoms with van der Waals surface area (Å²) >= 11 is 0. The summed E-state index contributed by atoms with van der Waals surface area (Å²) in [5.41, 5.74) is 3.65. The van der Waals surface area contributed by atoms with E-state index in [0.717, 1.165) is 29.7 Å². The lowest BCUT2D eigenvalue weighted by Gasteiger charge is -2.14. The quantitative estimate of drug-likeness (QED) is 0.310. The first-order valence-electron chi connectivity index (χ1n) is 10.8. The monoisotopic (exact) mass is 461 g/mol. The lowest BCUT2D eigenvalue weighted by atomic mass is 10.1. The Bertz CT molecular complexity index is 1360. The lowest BCUT2D eigenvalue weighted by Crippen LogP contribution is -2.06. The van der Waals surface area contributed by atoms with Crippen LogP contribution in [0.2, 0.25) is 0 Å². The topological polar surface area (TPSA) is 57.9 Å². The fourth-order valence-electron chi connectivity index (χ4n) is 3.59. The number of benzene rings is 2. The standard InChI is InChI=1S/C26H21F2N3O3/c1-2-12-32-20-5-3-4-18(13-20)21-15-25-29-11-10-22(31(25)30-21)19-8-9-23(34-26(27)28)24(14-19)33-16-17-6-7-17/h1,3-5,8-11,13-15,17,26H,6-7,12,16H2. The van der Waals surface area contributed by atoms with Crippen molar-refractivity contribution in [3.63, 3.8) is 0 Å². The second-order valence-electron chi connectivity index (χ2n) is 7.94. The van der Waals surface area contributed by atoms with Gasteiger partial charge in [-0.05, 0) is 55.2 Å². The van der Waals surface area contributed by atoms with Gasteiger partial charge in [-0.15, -0.1) is 6.42 Å². The van der Waals surface area contributed by atoms with Crippen molar-refractivity contribution in [2.45, 2.75) is 19.5 Å². The molecule has 1 saturated carbocycles. The Balaban J connectivity index is 1.51. The Morgan fingerprint density at radius 2 is 1.91 bits per heavy atom. The van der Waals surface area contributed by atoms with E-state index >= 15 is 0 Å². The maximum atomic E-state index is 12.9. The third-order valence-corrected chi connectivity index (χ3v) is 5.44. The molecule has 1 fully saturated rings. The van der Waals surface area contributed by atoms with Crippen LogP contribution in [0.1, 0.15) is 12.8 Å².